The Morgan fingerprint density at radius 2 is 1.70 bits per heavy atom. The first-order chi connectivity index (χ1) is 14.2. The second-order valence-corrected chi connectivity index (χ2v) is 8.84. The summed E-state index contributed by atoms with van der Waals surface area (Å²) in [4.78, 5) is 38.3. The lowest BCUT2D eigenvalue weighted by molar-refractivity contribution is -0.138. The Morgan fingerprint density at radius 3 is 2.20 bits per heavy atom. The zero-order valence-corrected chi connectivity index (χ0v) is 18.4. The number of hydrogen-bond donors (Lipinski definition) is 2. The second-order valence-electron chi connectivity index (χ2n) is 6.43. The number of para-hydroxylation sites is 1. The van der Waals surface area contributed by atoms with E-state index in [4.69, 9.17) is 13.8 Å². The lowest BCUT2D eigenvalue weighted by Gasteiger charge is -2.32. The summed E-state index contributed by atoms with van der Waals surface area (Å²) in [5.41, 5.74) is 2.72. The van der Waals surface area contributed by atoms with Crippen LogP contribution in [0.1, 0.15) is 27.7 Å². The predicted molar refractivity (Wildman–Crippen MR) is 109 cm³/mol. The number of allylic oxidation sites excluding steroid dienone is 1. The highest BCUT2D eigenvalue weighted by molar-refractivity contribution is 7.57. The molecule has 0 saturated carbocycles. The average Bonchev–Trinajstić information content (AvgIpc) is 2.90. The van der Waals surface area contributed by atoms with E-state index in [1.165, 1.54) is 13.8 Å². The van der Waals surface area contributed by atoms with Crippen molar-refractivity contribution < 1.29 is 32.7 Å². The number of anilines is 1. The fourth-order valence-electron chi connectivity index (χ4n) is 3.20. The van der Waals surface area contributed by atoms with Crippen molar-refractivity contribution in [2.24, 2.45) is 0 Å². The van der Waals surface area contributed by atoms with E-state index in [0.717, 1.165) is 12.1 Å². The third kappa shape index (κ3) is 4.12. The molecule has 1 heterocycles. The number of nitrogens with zero attached hydrogens (tertiary/aromatic N) is 1. The van der Waals surface area contributed by atoms with Crippen molar-refractivity contribution in [2.45, 2.75) is 32.9 Å². The summed E-state index contributed by atoms with van der Waals surface area (Å²) in [6.45, 7) is 5.86. The van der Waals surface area contributed by atoms with Crippen LogP contribution < -0.4 is 10.7 Å². The summed E-state index contributed by atoms with van der Waals surface area (Å²) in [5.74, 6) is -1.72. The number of amides is 3. The normalized spacial score (nSPS) is 19.1. The van der Waals surface area contributed by atoms with E-state index in [-0.39, 0.29) is 24.5 Å². The van der Waals surface area contributed by atoms with Crippen LogP contribution in [0.5, 0.6) is 0 Å². The molecule has 1 atom stereocenters. The van der Waals surface area contributed by atoms with Crippen molar-refractivity contribution in [1.29, 1.82) is 0 Å². The van der Waals surface area contributed by atoms with Gasteiger partial charge in [-0.15, -0.1) is 0 Å². The Bertz CT molecular complexity index is 893. The van der Waals surface area contributed by atoms with Gasteiger partial charge in [-0.2, -0.15) is 0 Å². The smallest absolute Gasteiger partial charge is 0.350 e. The van der Waals surface area contributed by atoms with E-state index in [9.17, 15) is 18.9 Å². The minimum absolute atomic E-state index is 0.0183. The van der Waals surface area contributed by atoms with E-state index in [2.05, 4.69) is 10.7 Å². The van der Waals surface area contributed by atoms with Crippen molar-refractivity contribution in [1.82, 2.24) is 10.4 Å². The molecule has 11 heteroatoms. The van der Waals surface area contributed by atoms with Crippen molar-refractivity contribution in [2.75, 3.05) is 25.6 Å². The molecule has 30 heavy (non-hydrogen) atoms. The maximum absolute atomic E-state index is 13.6. The summed E-state index contributed by atoms with van der Waals surface area (Å²) < 4.78 is 29.1. The van der Waals surface area contributed by atoms with E-state index in [1.54, 1.807) is 44.2 Å². The topological polar surface area (TPSA) is 123 Å². The molecule has 0 saturated heterocycles. The van der Waals surface area contributed by atoms with Crippen LogP contribution in [0.3, 0.4) is 0 Å². The van der Waals surface area contributed by atoms with Gasteiger partial charge in [-0.25, -0.2) is 20.0 Å². The fraction of sp³-hybridized carbons (Fsp3) is 0.421. The minimum Gasteiger partial charge on any atom is -0.466 e. The lowest BCUT2D eigenvalue weighted by Crippen LogP contribution is -2.50. The number of urea groups is 1. The first kappa shape index (κ1) is 23.6. The van der Waals surface area contributed by atoms with E-state index in [1.807, 2.05) is 0 Å². The van der Waals surface area contributed by atoms with Crippen molar-refractivity contribution >= 4 is 31.2 Å². The van der Waals surface area contributed by atoms with Crippen LogP contribution in [-0.4, -0.2) is 48.4 Å². The molecule has 0 aromatic heterocycles. The first-order valence-corrected chi connectivity index (χ1v) is 10.9. The summed E-state index contributed by atoms with van der Waals surface area (Å²) >= 11 is 0. The minimum atomic E-state index is -4.16. The number of ether oxygens (including phenoxy) is 1. The summed E-state index contributed by atoms with van der Waals surface area (Å²) in [5, 5.41) is 1.42. The predicted octanol–water partition coefficient (Wildman–Crippen LogP) is 3.04. The quantitative estimate of drug-likeness (QED) is 0.471. The zero-order chi connectivity index (χ0) is 22.5. The fourth-order valence-corrected chi connectivity index (χ4v) is 5.33. The Kier molecular flexibility index (Phi) is 7.41. The molecule has 0 radical (unpaired) electrons. The van der Waals surface area contributed by atoms with Gasteiger partial charge in [0.15, 0.2) is 5.16 Å². The number of carbonyl (C=O) groups is 3. The van der Waals surface area contributed by atoms with Gasteiger partial charge < -0.3 is 19.1 Å². The van der Waals surface area contributed by atoms with Gasteiger partial charge >= 0.3 is 19.6 Å². The maximum atomic E-state index is 13.6. The van der Waals surface area contributed by atoms with Gasteiger partial charge in [-0.3, -0.25) is 9.36 Å². The van der Waals surface area contributed by atoms with E-state index >= 15 is 0 Å². The van der Waals surface area contributed by atoms with Crippen LogP contribution in [0.2, 0.25) is 0 Å². The molecular formula is C19H26N3O7P. The number of esters is 1. The van der Waals surface area contributed by atoms with Crippen LogP contribution in [-0.2, 0) is 27.9 Å². The molecule has 1 aromatic rings. The Hall–Kier alpha value is -2.68. The zero-order valence-electron chi connectivity index (χ0n) is 17.6. The Labute approximate surface area is 175 Å². The van der Waals surface area contributed by atoms with Gasteiger partial charge in [0.25, 0.3) is 5.91 Å². The summed E-state index contributed by atoms with van der Waals surface area (Å²) in [6.07, 6.45) is 0. The third-order valence-electron chi connectivity index (χ3n) is 4.58. The standard InChI is InChI=1S/C19H26N3O7P/c1-6-28-30(26,29-7-2)19(4)15(16(23)27-5)13(3)22(17(19)24)21-18(25)20-14-11-9-8-10-12-14/h8-12H,6-7H2,1-5H3,(H2,20,21,25). The van der Waals surface area contributed by atoms with Gasteiger partial charge in [0, 0.05) is 5.69 Å². The number of rotatable bonds is 8. The molecule has 1 aromatic carbocycles. The van der Waals surface area contributed by atoms with Gasteiger partial charge in [0.2, 0.25) is 0 Å². The maximum Gasteiger partial charge on any atom is 0.350 e. The number of hydrazine groups is 1. The van der Waals surface area contributed by atoms with Crippen molar-refractivity contribution in [3.05, 3.63) is 41.6 Å². The third-order valence-corrected chi connectivity index (χ3v) is 7.29. The highest BCUT2D eigenvalue weighted by Gasteiger charge is 2.64. The van der Waals surface area contributed by atoms with Crippen molar-refractivity contribution in [3.63, 3.8) is 0 Å². The van der Waals surface area contributed by atoms with Gasteiger partial charge in [-0.1, -0.05) is 18.2 Å². The molecule has 2 rings (SSSR count). The van der Waals surface area contributed by atoms with Gasteiger partial charge in [0.05, 0.1) is 31.6 Å². The summed E-state index contributed by atoms with van der Waals surface area (Å²) in [6, 6.07) is 7.84. The Morgan fingerprint density at radius 1 is 1.13 bits per heavy atom. The molecule has 164 valence electrons. The largest absolute Gasteiger partial charge is 0.466 e. The number of carbonyl (C=O) groups excluding carboxylic acids is 3. The lowest BCUT2D eigenvalue weighted by atomic mass is 10.0. The van der Waals surface area contributed by atoms with Crippen LogP contribution in [0.25, 0.3) is 0 Å². The Balaban J connectivity index is 2.45. The monoisotopic (exact) mass is 439 g/mol. The molecule has 0 bridgehead atoms. The number of benzene rings is 1. The molecule has 1 unspecified atom stereocenters. The van der Waals surface area contributed by atoms with Crippen LogP contribution in [0.4, 0.5) is 10.5 Å². The molecule has 0 fully saturated rings. The highest BCUT2D eigenvalue weighted by atomic mass is 31.2. The molecule has 2 N–H and O–H groups in total. The molecule has 10 nitrogen and oxygen atoms in total. The van der Waals surface area contributed by atoms with E-state index < -0.39 is 30.7 Å². The molecule has 3 amide bonds. The summed E-state index contributed by atoms with van der Waals surface area (Å²) in [7, 11) is -3.03. The molecule has 1 aliphatic rings. The second kappa shape index (κ2) is 9.42. The van der Waals surface area contributed by atoms with E-state index in [0.29, 0.717) is 5.69 Å². The van der Waals surface area contributed by atoms with Crippen LogP contribution >= 0.6 is 7.60 Å². The molecule has 0 aliphatic carbocycles. The van der Waals surface area contributed by atoms with Gasteiger partial charge in [-0.05, 0) is 39.8 Å². The molecule has 1 aliphatic heterocycles. The number of methoxy groups -OCH3 is 1. The first-order valence-electron chi connectivity index (χ1n) is 9.32. The SMILES string of the molecule is CCOP(=O)(OCC)C1(C)C(=O)N(NC(=O)Nc2ccccc2)C(C)=C1C(=O)OC. The molecular weight excluding hydrogens is 413 g/mol. The van der Waals surface area contributed by atoms with Gasteiger partial charge in [0.1, 0.15) is 0 Å². The number of nitrogens with one attached hydrogen (secondary N) is 2. The van der Waals surface area contributed by atoms with Crippen molar-refractivity contribution in [3.8, 4) is 0 Å². The molecule has 0 spiro atoms. The van der Waals surface area contributed by atoms with Crippen LogP contribution in [0.15, 0.2) is 41.6 Å². The van der Waals surface area contributed by atoms with Crippen LogP contribution in [0, 0.1) is 0 Å². The number of hydrogen-bond acceptors (Lipinski definition) is 7. The highest BCUT2D eigenvalue weighted by Crippen LogP contribution is 2.65. The average molecular weight is 439 g/mol.